The van der Waals surface area contributed by atoms with Gasteiger partial charge < -0.3 is 0 Å². The maximum absolute atomic E-state index is 12.7. The van der Waals surface area contributed by atoms with Gasteiger partial charge in [-0.1, -0.05) is 18.2 Å². The van der Waals surface area contributed by atoms with Crippen LogP contribution in [0.2, 0.25) is 0 Å². The quantitative estimate of drug-likeness (QED) is 0.705. The van der Waals surface area contributed by atoms with Crippen LogP contribution in [0.3, 0.4) is 0 Å². The largest absolute Gasteiger partial charge is 0.281 e. The average molecular weight is 260 g/mol. The first-order valence-corrected chi connectivity index (χ1v) is 3.55. The molecule has 0 atom stereocenters. The zero-order valence-electron chi connectivity index (χ0n) is 8.74. The standard InChI is InChI=1S/C8H9F.3CO.Cr/c1-6-4-3-5-7(2)8(6)9;3*1-2;/h3-5H,1-2H3;;;;. The van der Waals surface area contributed by atoms with Gasteiger partial charge in [0.15, 0.2) is 0 Å². The molecule has 0 aromatic heterocycles. The summed E-state index contributed by atoms with van der Waals surface area (Å²) >= 11 is 0. The van der Waals surface area contributed by atoms with Crippen molar-refractivity contribution in [1.82, 2.24) is 0 Å². The van der Waals surface area contributed by atoms with E-state index >= 15 is 0 Å². The van der Waals surface area contributed by atoms with Gasteiger partial charge in [0.1, 0.15) is 5.82 Å². The van der Waals surface area contributed by atoms with Crippen LogP contribution in [0, 0.1) is 19.7 Å². The van der Waals surface area contributed by atoms with Crippen molar-refractivity contribution < 1.29 is 36.1 Å². The van der Waals surface area contributed by atoms with Gasteiger partial charge in [0.05, 0.1) is 0 Å². The number of rotatable bonds is 0. The Balaban J connectivity index is -0.0000000900. The van der Waals surface area contributed by atoms with Crippen molar-refractivity contribution in [2.24, 2.45) is 0 Å². The van der Waals surface area contributed by atoms with Gasteiger partial charge in [0.25, 0.3) is 20.4 Å². The summed E-state index contributed by atoms with van der Waals surface area (Å²) in [4.78, 5) is 22.5. The Kier molecular flexibility index (Phi) is 29.1. The van der Waals surface area contributed by atoms with Crippen LogP contribution in [0.15, 0.2) is 18.2 Å². The summed E-state index contributed by atoms with van der Waals surface area (Å²) in [5, 5.41) is 0. The molecule has 0 N–H and O–H groups in total. The van der Waals surface area contributed by atoms with Crippen LogP contribution in [0.5, 0.6) is 0 Å². The minimum Gasteiger partial charge on any atom is -0.281 e. The Morgan fingerprint density at radius 1 is 0.875 bits per heavy atom. The molecule has 1 aromatic carbocycles. The minimum absolute atomic E-state index is 0. The van der Waals surface area contributed by atoms with E-state index in [0.717, 1.165) is 11.1 Å². The van der Waals surface area contributed by atoms with Crippen molar-refractivity contribution in [3.63, 3.8) is 0 Å². The monoisotopic (exact) mass is 260 g/mol. The molecule has 0 amide bonds. The predicted molar refractivity (Wildman–Crippen MR) is 53.0 cm³/mol. The van der Waals surface area contributed by atoms with Gasteiger partial charge in [-0.25, -0.2) is 4.39 Å². The Hall–Kier alpha value is -1.31. The fraction of sp³-hybridized carbons (Fsp3) is 0.182. The van der Waals surface area contributed by atoms with Crippen molar-refractivity contribution in [2.45, 2.75) is 13.8 Å². The Morgan fingerprint density at radius 2 is 1.12 bits per heavy atom. The third-order valence-corrected chi connectivity index (χ3v) is 1.38. The van der Waals surface area contributed by atoms with Crippen molar-refractivity contribution in [3.05, 3.63) is 35.1 Å². The van der Waals surface area contributed by atoms with Gasteiger partial charge in [0, 0.05) is 17.4 Å². The van der Waals surface area contributed by atoms with Gasteiger partial charge in [-0.05, 0) is 25.0 Å². The van der Waals surface area contributed by atoms with E-state index in [1.807, 2.05) is 6.07 Å². The first kappa shape index (κ1) is 24.1. The Labute approximate surface area is 106 Å². The zero-order valence-corrected chi connectivity index (χ0v) is 10.0. The van der Waals surface area contributed by atoms with Crippen LogP contribution < -0.4 is 0 Å². The van der Waals surface area contributed by atoms with Gasteiger partial charge >= 0.3 is 0 Å². The van der Waals surface area contributed by atoms with Gasteiger partial charge in [0.2, 0.25) is 0 Å². The molecule has 0 aliphatic rings. The van der Waals surface area contributed by atoms with E-state index in [2.05, 4.69) is 20.4 Å². The molecule has 0 spiro atoms. The number of hydrogen-bond acceptors (Lipinski definition) is 3. The van der Waals surface area contributed by atoms with E-state index in [4.69, 9.17) is 14.4 Å². The molecular formula is C11H9CrFO3. The Morgan fingerprint density at radius 3 is 1.31 bits per heavy atom. The molecule has 0 saturated heterocycles. The molecule has 0 heterocycles. The number of aryl methyl sites for hydroxylation is 2. The van der Waals surface area contributed by atoms with E-state index in [1.54, 1.807) is 26.0 Å². The van der Waals surface area contributed by atoms with Gasteiger partial charge in [-0.15, -0.1) is 0 Å². The average Bonchev–Trinajstić information content (AvgIpc) is 2.34. The van der Waals surface area contributed by atoms with Gasteiger partial charge in [-0.3, -0.25) is 14.4 Å². The summed E-state index contributed by atoms with van der Waals surface area (Å²) < 4.78 is 12.7. The second kappa shape index (κ2) is 19.3. The fourth-order valence-electron chi connectivity index (χ4n) is 0.794. The van der Waals surface area contributed by atoms with E-state index in [9.17, 15) is 4.39 Å². The summed E-state index contributed by atoms with van der Waals surface area (Å²) in [5.74, 6) is -0.0856. The smallest absolute Gasteiger partial charge is 0.281 e. The molecule has 0 aliphatic carbocycles. The second-order valence-electron chi connectivity index (χ2n) is 2.21. The molecule has 0 unspecified atom stereocenters. The van der Waals surface area contributed by atoms with Crippen LogP contribution in [-0.2, 0) is 31.7 Å². The number of carbonyl (C=O) groups excluding carboxylic acids is 3. The van der Waals surface area contributed by atoms with E-state index in [-0.39, 0.29) is 23.2 Å². The minimum atomic E-state index is -0.0856. The number of hydrogen-bond donors (Lipinski definition) is 0. The normalized spacial score (nSPS) is 6.19. The van der Waals surface area contributed by atoms with Crippen LogP contribution >= 0.6 is 0 Å². The maximum Gasteiger partial charge on any atom is 0.281 e. The van der Waals surface area contributed by atoms with Crippen molar-refractivity contribution in [3.8, 4) is 0 Å². The SMILES string of the molecule is Cc1cccc(C)c1F.[C]=O.[C]=O.[C]=O.[Cr]. The summed E-state index contributed by atoms with van der Waals surface area (Å²) in [6.07, 6.45) is 0. The molecule has 6 radical (unpaired) electrons. The zero-order chi connectivity index (χ0) is 12.9. The molecule has 0 saturated carbocycles. The van der Waals surface area contributed by atoms with Crippen molar-refractivity contribution >= 4 is 20.4 Å². The van der Waals surface area contributed by atoms with Crippen LogP contribution in [0.4, 0.5) is 4.39 Å². The third-order valence-electron chi connectivity index (χ3n) is 1.38. The predicted octanol–water partition coefficient (Wildman–Crippen LogP) is 1.25. The summed E-state index contributed by atoms with van der Waals surface area (Å²) in [7, 11) is 0. The summed E-state index contributed by atoms with van der Waals surface area (Å²) in [5.41, 5.74) is 1.44. The topological polar surface area (TPSA) is 51.2 Å². The fourth-order valence-corrected chi connectivity index (χ4v) is 0.794. The molecule has 0 fully saturated rings. The Bertz CT molecular complexity index is 244. The van der Waals surface area contributed by atoms with Gasteiger partial charge in [-0.2, -0.15) is 0 Å². The molecule has 16 heavy (non-hydrogen) atoms. The molecule has 0 aliphatic heterocycles. The molecular weight excluding hydrogens is 251 g/mol. The van der Waals surface area contributed by atoms with Crippen LogP contribution in [-0.4, -0.2) is 20.4 Å². The first-order valence-electron chi connectivity index (χ1n) is 3.55. The number of benzene rings is 1. The van der Waals surface area contributed by atoms with Crippen molar-refractivity contribution in [2.75, 3.05) is 0 Å². The van der Waals surface area contributed by atoms with E-state index in [0.29, 0.717) is 0 Å². The molecule has 1 rings (SSSR count). The third kappa shape index (κ3) is 10.8. The maximum atomic E-state index is 12.7. The summed E-state index contributed by atoms with van der Waals surface area (Å²) in [6, 6.07) is 5.39. The number of halogens is 1. The molecule has 1 aromatic rings. The molecule has 0 bridgehead atoms. The van der Waals surface area contributed by atoms with E-state index < -0.39 is 0 Å². The van der Waals surface area contributed by atoms with Crippen LogP contribution in [0.25, 0.3) is 0 Å². The molecule has 84 valence electrons. The first-order chi connectivity index (χ1) is 7.22. The van der Waals surface area contributed by atoms with Crippen LogP contribution in [0.1, 0.15) is 11.1 Å². The second-order valence-corrected chi connectivity index (χ2v) is 2.21. The van der Waals surface area contributed by atoms with E-state index in [1.165, 1.54) is 0 Å². The van der Waals surface area contributed by atoms with Crippen molar-refractivity contribution in [1.29, 1.82) is 0 Å². The molecule has 5 heteroatoms. The summed E-state index contributed by atoms with van der Waals surface area (Å²) in [6.45, 7) is 17.0. The molecule has 3 nitrogen and oxygen atoms in total.